The van der Waals surface area contributed by atoms with Crippen LogP contribution in [0.1, 0.15) is 26.3 Å². The summed E-state index contributed by atoms with van der Waals surface area (Å²) in [5.74, 6) is -1.10. The maximum absolute atomic E-state index is 13.2. The maximum atomic E-state index is 13.2. The number of aromatic nitrogens is 1. The minimum Gasteiger partial charge on any atom is -0.348 e. The molecule has 0 aliphatic carbocycles. The minimum absolute atomic E-state index is 0.229. The summed E-state index contributed by atoms with van der Waals surface area (Å²) in [4.78, 5) is 28.1. The van der Waals surface area contributed by atoms with Crippen molar-refractivity contribution in [3.05, 3.63) is 95.6 Å². The molecule has 5 nitrogen and oxygen atoms in total. The first-order chi connectivity index (χ1) is 12.6. The van der Waals surface area contributed by atoms with Gasteiger partial charge in [-0.25, -0.2) is 4.39 Å². The van der Waals surface area contributed by atoms with Gasteiger partial charge in [0.05, 0.1) is 5.56 Å². The number of nitrogens with zero attached hydrogens (tertiary/aromatic N) is 1. The van der Waals surface area contributed by atoms with Gasteiger partial charge in [0.2, 0.25) is 0 Å². The molecule has 0 aliphatic heterocycles. The van der Waals surface area contributed by atoms with Gasteiger partial charge in [-0.3, -0.25) is 14.6 Å². The summed E-state index contributed by atoms with van der Waals surface area (Å²) in [6.45, 7) is 0.303. The van der Waals surface area contributed by atoms with Crippen LogP contribution in [-0.4, -0.2) is 16.8 Å². The first-order valence-corrected chi connectivity index (χ1v) is 7.96. The Hall–Kier alpha value is -3.54. The third-order valence-corrected chi connectivity index (χ3v) is 3.65. The third-order valence-electron chi connectivity index (χ3n) is 3.65. The number of benzene rings is 2. The Morgan fingerprint density at radius 1 is 0.923 bits per heavy atom. The molecule has 0 saturated heterocycles. The highest BCUT2D eigenvalue weighted by molar-refractivity contribution is 6.04. The molecule has 0 unspecified atom stereocenters. The lowest BCUT2D eigenvalue weighted by Gasteiger charge is -2.09. The van der Waals surface area contributed by atoms with Gasteiger partial charge in [-0.2, -0.15) is 0 Å². The van der Waals surface area contributed by atoms with Crippen LogP contribution in [0.4, 0.5) is 10.1 Å². The van der Waals surface area contributed by atoms with Crippen molar-refractivity contribution in [2.75, 3.05) is 5.32 Å². The molecule has 0 bridgehead atoms. The SMILES string of the molecule is O=C(NCc1cccc(NC(=O)c2cccc(F)c2)c1)c1cccnc1. The van der Waals surface area contributed by atoms with E-state index >= 15 is 0 Å². The summed E-state index contributed by atoms with van der Waals surface area (Å²) < 4.78 is 13.2. The molecule has 0 aliphatic rings. The number of carbonyl (C=O) groups is 2. The highest BCUT2D eigenvalue weighted by Gasteiger charge is 2.08. The fraction of sp³-hybridized carbons (Fsp3) is 0.0500. The molecule has 0 spiro atoms. The van der Waals surface area contributed by atoms with Crippen LogP contribution in [0.15, 0.2) is 73.1 Å². The van der Waals surface area contributed by atoms with Crippen molar-refractivity contribution < 1.29 is 14.0 Å². The predicted octanol–water partition coefficient (Wildman–Crippen LogP) is 3.40. The zero-order valence-electron chi connectivity index (χ0n) is 13.8. The van der Waals surface area contributed by atoms with E-state index in [2.05, 4.69) is 15.6 Å². The molecule has 0 radical (unpaired) electrons. The largest absolute Gasteiger partial charge is 0.348 e. The van der Waals surface area contributed by atoms with Crippen LogP contribution in [0.2, 0.25) is 0 Å². The van der Waals surface area contributed by atoms with Gasteiger partial charge >= 0.3 is 0 Å². The molecule has 0 saturated carbocycles. The minimum atomic E-state index is -0.468. The maximum Gasteiger partial charge on any atom is 0.255 e. The lowest BCUT2D eigenvalue weighted by molar-refractivity contribution is 0.0949. The normalized spacial score (nSPS) is 10.2. The zero-order valence-corrected chi connectivity index (χ0v) is 13.8. The molecule has 2 amide bonds. The number of pyridine rings is 1. The van der Waals surface area contributed by atoms with Gasteiger partial charge in [-0.1, -0.05) is 18.2 Å². The molecule has 2 aromatic carbocycles. The van der Waals surface area contributed by atoms with Crippen molar-refractivity contribution >= 4 is 17.5 Å². The highest BCUT2D eigenvalue weighted by Crippen LogP contribution is 2.13. The standard InChI is InChI=1S/C20H16FN3O2/c21-17-7-2-5-15(11-17)20(26)24-18-8-1-4-14(10-18)12-23-19(25)16-6-3-9-22-13-16/h1-11,13H,12H2,(H,23,25)(H,24,26). The Labute approximate surface area is 149 Å². The molecular weight excluding hydrogens is 333 g/mol. The van der Waals surface area contributed by atoms with E-state index in [1.807, 2.05) is 6.07 Å². The second-order valence-corrected chi connectivity index (χ2v) is 5.59. The van der Waals surface area contributed by atoms with Gasteiger partial charge in [0.15, 0.2) is 0 Å². The van der Waals surface area contributed by atoms with Crippen LogP contribution in [-0.2, 0) is 6.54 Å². The number of hydrogen-bond donors (Lipinski definition) is 2. The summed E-state index contributed by atoms with van der Waals surface area (Å²) in [5, 5.41) is 5.51. The van der Waals surface area contributed by atoms with Gasteiger partial charge in [-0.05, 0) is 48.0 Å². The smallest absolute Gasteiger partial charge is 0.255 e. The van der Waals surface area contributed by atoms with E-state index < -0.39 is 11.7 Å². The number of hydrogen-bond acceptors (Lipinski definition) is 3. The molecule has 0 fully saturated rings. The second kappa shape index (κ2) is 8.02. The molecule has 130 valence electrons. The monoisotopic (exact) mass is 349 g/mol. The quantitative estimate of drug-likeness (QED) is 0.742. The van der Waals surface area contributed by atoms with E-state index in [0.717, 1.165) is 5.56 Å². The van der Waals surface area contributed by atoms with Gasteiger partial charge in [0.1, 0.15) is 5.82 Å². The first kappa shape index (κ1) is 17.3. The molecule has 0 atom stereocenters. The Kier molecular flexibility index (Phi) is 5.34. The fourth-order valence-electron chi connectivity index (χ4n) is 2.37. The van der Waals surface area contributed by atoms with Gasteiger partial charge in [0, 0.05) is 30.2 Å². The number of anilines is 1. The molecular formula is C20H16FN3O2. The zero-order chi connectivity index (χ0) is 18.4. The van der Waals surface area contributed by atoms with Crippen molar-refractivity contribution in [1.82, 2.24) is 10.3 Å². The Morgan fingerprint density at radius 3 is 2.50 bits per heavy atom. The third kappa shape index (κ3) is 4.51. The van der Waals surface area contributed by atoms with Crippen LogP contribution in [0, 0.1) is 5.82 Å². The van der Waals surface area contributed by atoms with Crippen molar-refractivity contribution in [1.29, 1.82) is 0 Å². The van der Waals surface area contributed by atoms with E-state index in [-0.39, 0.29) is 11.5 Å². The molecule has 2 N–H and O–H groups in total. The van der Waals surface area contributed by atoms with Crippen LogP contribution in [0.25, 0.3) is 0 Å². The number of amides is 2. The van der Waals surface area contributed by atoms with Crippen LogP contribution < -0.4 is 10.6 Å². The molecule has 6 heteroatoms. The predicted molar refractivity (Wildman–Crippen MR) is 96.2 cm³/mol. The van der Waals surface area contributed by atoms with Crippen molar-refractivity contribution in [3.8, 4) is 0 Å². The average Bonchev–Trinajstić information content (AvgIpc) is 2.67. The Morgan fingerprint density at radius 2 is 1.73 bits per heavy atom. The van der Waals surface area contributed by atoms with Gasteiger partial charge < -0.3 is 10.6 Å². The van der Waals surface area contributed by atoms with Gasteiger partial charge in [0.25, 0.3) is 11.8 Å². The lowest BCUT2D eigenvalue weighted by Crippen LogP contribution is -2.23. The molecule has 26 heavy (non-hydrogen) atoms. The summed E-state index contributed by atoms with van der Waals surface area (Å²) >= 11 is 0. The van der Waals surface area contributed by atoms with Crippen molar-refractivity contribution in [3.63, 3.8) is 0 Å². The second-order valence-electron chi connectivity index (χ2n) is 5.59. The van der Waals surface area contributed by atoms with Crippen LogP contribution in [0.3, 0.4) is 0 Å². The summed E-state index contributed by atoms with van der Waals surface area (Å²) in [7, 11) is 0. The van der Waals surface area contributed by atoms with Crippen molar-refractivity contribution in [2.45, 2.75) is 6.54 Å². The first-order valence-electron chi connectivity index (χ1n) is 7.96. The van der Waals surface area contributed by atoms with E-state index in [1.54, 1.807) is 36.5 Å². The summed E-state index contributed by atoms with van der Waals surface area (Å²) in [6.07, 6.45) is 3.09. The Balaban J connectivity index is 1.63. The number of carbonyl (C=O) groups excluding carboxylic acids is 2. The number of rotatable bonds is 5. The van der Waals surface area contributed by atoms with Crippen molar-refractivity contribution in [2.24, 2.45) is 0 Å². The summed E-state index contributed by atoms with van der Waals surface area (Å²) in [6, 6.07) is 15.9. The molecule has 3 rings (SSSR count). The molecule has 3 aromatic rings. The summed E-state index contributed by atoms with van der Waals surface area (Å²) in [5.41, 5.74) is 2.09. The molecule has 1 aromatic heterocycles. The van der Waals surface area contributed by atoms with Gasteiger partial charge in [-0.15, -0.1) is 0 Å². The lowest BCUT2D eigenvalue weighted by atomic mass is 10.1. The highest BCUT2D eigenvalue weighted by atomic mass is 19.1. The van der Waals surface area contributed by atoms with E-state index in [9.17, 15) is 14.0 Å². The fourth-order valence-corrected chi connectivity index (χ4v) is 2.37. The van der Waals surface area contributed by atoms with E-state index in [0.29, 0.717) is 17.8 Å². The van der Waals surface area contributed by atoms with Crippen LogP contribution in [0.5, 0.6) is 0 Å². The number of halogens is 1. The average molecular weight is 349 g/mol. The van der Waals surface area contributed by atoms with E-state index in [4.69, 9.17) is 0 Å². The topological polar surface area (TPSA) is 71.1 Å². The van der Waals surface area contributed by atoms with E-state index in [1.165, 1.54) is 30.5 Å². The van der Waals surface area contributed by atoms with Crippen LogP contribution >= 0.6 is 0 Å². The Bertz CT molecular complexity index is 929. The molecule has 1 heterocycles. The number of nitrogens with one attached hydrogen (secondary N) is 2.